The lowest BCUT2D eigenvalue weighted by Crippen LogP contribution is -2.49. The fourth-order valence-corrected chi connectivity index (χ4v) is 2.10. The van der Waals surface area contributed by atoms with Crippen molar-refractivity contribution in [2.45, 2.75) is 19.4 Å². The molecule has 0 saturated carbocycles. The van der Waals surface area contributed by atoms with Crippen molar-refractivity contribution in [3.8, 4) is 0 Å². The van der Waals surface area contributed by atoms with Gasteiger partial charge in [-0.1, -0.05) is 0 Å². The summed E-state index contributed by atoms with van der Waals surface area (Å²) in [6.07, 6.45) is 1.53. The minimum Gasteiger partial charge on any atom is -0.397 e. The average molecular weight is 250 g/mol. The number of hydrogen-bond acceptors (Lipinski definition) is 5. The molecule has 1 aliphatic heterocycles. The number of nitrogens with zero attached hydrogens (tertiary/aromatic N) is 2. The van der Waals surface area contributed by atoms with Gasteiger partial charge in [-0.15, -0.1) is 0 Å². The van der Waals surface area contributed by atoms with E-state index in [1.54, 1.807) is 6.07 Å². The zero-order valence-electron chi connectivity index (χ0n) is 10.6. The molecule has 1 fully saturated rings. The highest BCUT2D eigenvalue weighted by molar-refractivity contribution is 5.98. The lowest BCUT2D eigenvalue weighted by Gasteiger charge is -2.39. The summed E-state index contributed by atoms with van der Waals surface area (Å²) in [6, 6.07) is 1.56. The summed E-state index contributed by atoms with van der Waals surface area (Å²) in [6.45, 7) is 5.93. The number of rotatable bonds is 2. The quantitative estimate of drug-likeness (QED) is 0.791. The number of pyridine rings is 1. The van der Waals surface area contributed by atoms with Gasteiger partial charge in [0.15, 0.2) is 0 Å². The van der Waals surface area contributed by atoms with Crippen molar-refractivity contribution in [1.29, 1.82) is 0 Å². The van der Waals surface area contributed by atoms with Crippen LogP contribution >= 0.6 is 0 Å². The molecule has 0 spiro atoms. The molecule has 0 aromatic carbocycles. The third kappa shape index (κ3) is 2.53. The first-order valence-corrected chi connectivity index (χ1v) is 5.83. The molecular weight excluding hydrogens is 232 g/mol. The summed E-state index contributed by atoms with van der Waals surface area (Å²) in [7, 11) is 0. The molecule has 1 aromatic rings. The second kappa shape index (κ2) is 4.45. The Labute approximate surface area is 106 Å². The number of morpholine rings is 1. The smallest absolute Gasteiger partial charge is 0.252 e. The SMILES string of the molecule is CC1(C)CN(c2ncc(N)cc2C(N)=O)CCO1. The van der Waals surface area contributed by atoms with Crippen LogP contribution in [0.2, 0.25) is 0 Å². The number of nitrogens with two attached hydrogens (primary N) is 2. The lowest BCUT2D eigenvalue weighted by molar-refractivity contribution is -0.0279. The Morgan fingerprint density at radius 1 is 1.56 bits per heavy atom. The van der Waals surface area contributed by atoms with Gasteiger partial charge in [0.25, 0.3) is 5.91 Å². The Bertz CT molecular complexity index is 473. The van der Waals surface area contributed by atoms with E-state index >= 15 is 0 Å². The van der Waals surface area contributed by atoms with Crippen molar-refractivity contribution < 1.29 is 9.53 Å². The zero-order chi connectivity index (χ0) is 13.3. The second-order valence-electron chi connectivity index (χ2n) is 5.03. The van der Waals surface area contributed by atoms with E-state index in [2.05, 4.69) is 4.98 Å². The summed E-state index contributed by atoms with van der Waals surface area (Å²) in [4.78, 5) is 17.7. The summed E-state index contributed by atoms with van der Waals surface area (Å²) in [5, 5.41) is 0. The van der Waals surface area contributed by atoms with Gasteiger partial charge in [-0.3, -0.25) is 4.79 Å². The molecule has 0 radical (unpaired) electrons. The van der Waals surface area contributed by atoms with Crippen LogP contribution in [0.15, 0.2) is 12.3 Å². The maximum absolute atomic E-state index is 11.4. The molecular formula is C12H18N4O2. The monoisotopic (exact) mass is 250 g/mol. The van der Waals surface area contributed by atoms with E-state index in [1.807, 2.05) is 18.7 Å². The Kier molecular flexibility index (Phi) is 3.13. The number of carbonyl (C=O) groups excluding carboxylic acids is 1. The van der Waals surface area contributed by atoms with Crippen LogP contribution in [0, 0.1) is 0 Å². The maximum atomic E-state index is 11.4. The first kappa shape index (κ1) is 12.6. The highest BCUT2D eigenvalue weighted by Gasteiger charge is 2.29. The molecule has 6 heteroatoms. The molecule has 1 saturated heterocycles. The summed E-state index contributed by atoms with van der Waals surface area (Å²) in [5.74, 6) is 0.0576. The van der Waals surface area contributed by atoms with Gasteiger partial charge in [0.05, 0.1) is 29.7 Å². The highest BCUT2D eigenvalue weighted by Crippen LogP contribution is 2.25. The molecule has 0 atom stereocenters. The lowest BCUT2D eigenvalue weighted by atomic mass is 10.1. The predicted molar refractivity (Wildman–Crippen MR) is 69.4 cm³/mol. The third-order valence-electron chi connectivity index (χ3n) is 2.88. The van der Waals surface area contributed by atoms with Gasteiger partial charge >= 0.3 is 0 Å². The predicted octanol–water partition coefficient (Wildman–Crippen LogP) is 0.378. The normalized spacial score (nSPS) is 18.7. The van der Waals surface area contributed by atoms with Gasteiger partial charge in [-0.25, -0.2) is 4.98 Å². The number of carbonyl (C=O) groups is 1. The summed E-state index contributed by atoms with van der Waals surface area (Å²) in [5.41, 5.74) is 11.5. The average Bonchev–Trinajstić information content (AvgIpc) is 2.27. The molecule has 2 heterocycles. The molecule has 1 aliphatic rings. The Morgan fingerprint density at radius 2 is 2.28 bits per heavy atom. The molecule has 0 bridgehead atoms. The van der Waals surface area contributed by atoms with E-state index in [1.165, 1.54) is 6.20 Å². The Hall–Kier alpha value is -1.82. The largest absolute Gasteiger partial charge is 0.397 e. The molecule has 4 N–H and O–H groups in total. The number of aromatic nitrogens is 1. The van der Waals surface area contributed by atoms with Gasteiger partial charge in [0.1, 0.15) is 5.82 Å². The van der Waals surface area contributed by atoms with Crippen molar-refractivity contribution in [1.82, 2.24) is 4.98 Å². The van der Waals surface area contributed by atoms with Crippen molar-refractivity contribution in [3.63, 3.8) is 0 Å². The number of amides is 1. The van der Waals surface area contributed by atoms with Crippen molar-refractivity contribution in [3.05, 3.63) is 17.8 Å². The summed E-state index contributed by atoms with van der Waals surface area (Å²) < 4.78 is 5.63. The maximum Gasteiger partial charge on any atom is 0.252 e. The summed E-state index contributed by atoms with van der Waals surface area (Å²) >= 11 is 0. The standard InChI is InChI=1S/C12H18N4O2/c1-12(2)7-16(3-4-18-12)11-9(10(14)17)5-8(13)6-15-11/h5-6H,3-4,7,13H2,1-2H3,(H2,14,17). The number of anilines is 2. The van der Waals surface area contributed by atoms with Crippen LogP contribution in [0.5, 0.6) is 0 Å². The number of ether oxygens (including phenoxy) is 1. The molecule has 1 aromatic heterocycles. The molecule has 2 rings (SSSR count). The molecule has 1 amide bonds. The Morgan fingerprint density at radius 3 is 2.89 bits per heavy atom. The van der Waals surface area contributed by atoms with E-state index in [4.69, 9.17) is 16.2 Å². The van der Waals surface area contributed by atoms with E-state index in [0.29, 0.717) is 36.8 Å². The van der Waals surface area contributed by atoms with E-state index in [9.17, 15) is 4.79 Å². The second-order valence-corrected chi connectivity index (χ2v) is 5.03. The minimum atomic E-state index is -0.519. The number of nitrogen functional groups attached to an aromatic ring is 1. The highest BCUT2D eigenvalue weighted by atomic mass is 16.5. The zero-order valence-corrected chi connectivity index (χ0v) is 10.6. The number of hydrogen-bond donors (Lipinski definition) is 2. The third-order valence-corrected chi connectivity index (χ3v) is 2.88. The Balaban J connectivity index is 2.35. The van der Waals surface area contributed by atoms with Crippen LogP contribution in [0.4, 0.5) is 11.5 Å². The van der Waals surface area contributed by atoms with Crippen molar-refractivity contribution in [2.75, 3.05) is 30.3 Å². The molecule has 6 nitrogen and oxygen atoms in total. The van der Waals surface area contributed by atoms with Gasteiger partial charge in [0.2, 0.25) is 0 Å². The fraction of sp³-hybridized carbons (Fsp3) is 0.500. The van der Waals surface area contributed by atoms with Crippen LogP contribution in [-0.4, -0.2) is 36.2 Å². The minimum absolute atomic E-state index is 0.268. The van der Waals surface area contributed by atoms with Crippen LogP contribution < -0.4 is 16.4 Å². The van der Waals surface area contributed by atoms with Gasteiger partial charge in [0, 0.05) is 13.1 Å². The van der Waals surface area contributed by atoms with Crippen molar-refractivity contribution in [2.24, 2.45) is 5.73 Å². The topological polar surface area (TPSA) is 94.5 Å². The fourth-order valence-electron chi connectivity index (χ4n) is 2.10. The first-order valence-electron chi connectivity index (χ1n) is 5.83. The van der Waals surface area contributed by atoms with E-state index in [-0.39, 0.29) is 5.60 Å². The van der Waals surface area contributed by atoms with Crippen LogP contribution in [0.25, 0.3) is 0 Å². The first-order chi connectivity index (χ1) is 8.39. The van der Waals surface area contributed by atoms with Gasteiger partial charge < -0.3 is 21.1 Å². The number of primary amides is 1. The van der Waals surface area contributed by atoms with Crippen LogP contribution in [0.3, 0.4) is 0 Å². The molecule has 98 valence electrons. The van der Waals surface area contributed by atoms with E-state index in [0.717, 1.165) is 0 Å². The van der Waals surface area contributed by atoms with Gasteiger partial charge in [-0.2, -0.15) is 0 Å². The van der Waals surface area contributed by atoms with Gasteiger partial charge in [-0.05, 0) is 19.9 Å². The van der Waals surface area contributed by atoms with E-state index < -0.39 is 5.91 Å². The van der Waals surface area contributed by atoms with Crippen molar-refractivity contribution >= 4 is 17.4 Å². The molecule has 0 aliphatic carbocycles. The van der Waals surface area contributed by atoms with Crippen LogP contribution in [0.1, 0.15) is 24.2 Å². The van der Waals surface area contributed by atoms with Crippen LogP contribution in [-0.2, 0) is 4.74 Å². The molecule has 18 heavy (non-hydrogen) atoms. The molecule has 0 unspecified atom stereocenters.